The molecule has 6 nitrogen and oxygen atoms in total. The molecule has 0 fully saturated rings. The van der Waals surface area contributed by atoms with Crippen LogP contribution in [0.15, 0.2) is 11.8 Å². The van der Waals surface area contributed by atoms with Crippen molar-refractivity contribution >= 4 is 11.6 Å². The summed E-state index contributed by atoms with van der Waals surface area (Å²) in [4.78, 5) is 24.6. The number of aromatic hydroxyl groups is 1. The number of rotatable bonds is 2. The quantitative estimate of drug-likeness (QED) is 0.891. The van der Waals surface area contributed by atoms with E-state index in [-0.39, 0.29) is 34.5 Å². The van der Waals surface area contributed by atoms with Crippen LogP contribution in [0.2, 0.25) is 0 Å². The Labute approximate surface area is 120 Å². The number of carbonyl (C=O) groups is 2. The van der Waals surface area contributed by atoms with Crippen LogP contribution in [0.1, 0.15) is 33.2 Å². The second-order valence-electron chi connectivity index (χ2n) is 4.98. The lowest BCUT2D eigenvalue weighted by Gasteiger charge is -2.20. The van der Waals surface area contributed by atoms with Crippen molar-refractivity contribution < 1.29 is 28.9 Å². The lowest BCUT2D eigenvalue weighted by Crippen LogP contribution is -2.20. The minimum atomic E-state index is -0.511. The number of methoxy groups -OCH3 is 2. The Kier molecular flexibility index (Phi) is 2.90. The second-order valence-corrected chi connectivity index (χ2v) is 4.98. The highest BCUT2D eigenvalue weighted by atomic mass is 16.5. The maximum atomic E-state index is 12.4. The van der Waals surface area contributed by atoms with Crippen molar-refractivity contribution in [1.29, 1.82) is 0 Å². The van der Waals surface area contributed by atoms with Gasteiger partial charge >= 0.3 is 0 Å². The van der Waals surface area contributed by atoms with Crippen LogP contribution >= 0.6 is 0 Å². The molecular formula is C15H14O6. The van der Waals surface area contributed by atoms with Crippen LogP contribution in [-0.4, -0.2) is 37.0 Å². The number of allylic oxidation sites excluding steroid dienone is 2. The highest BCUT2D eigenvalue weighted by Crippen LogP contribution is 2.49. The first kappa shape index (κ1) is 13.5. The van der Waals surface area contributed by atoms with E-state index in [0.29, 0.717) is 17.7 Å². The summed E-state index contributed by atoms with van der Waals surface area (Å²) in [5, 5.41) is 10.3. The van der Waals surface area contributed by atoms with E-state index in [4.69, 9.17) is 14.2 Å². The van der Waals surface area contributed by atoms with Crippen molar-refractivity contribution in [3.8, 4) is 17.2 Å². The largest absolute Gasteiger partial charge is 0.504 e. The molecule has 0 amide bonds. The molecule has 0 bridgehead atoms. The molecule has 2 aliphatic rings. The highest BCUT2D eigenvalue weighted by molar-refractivity contribution is 6.26. The van der Waals surface area contributed by atoms with E-state index in [9.17, 15) is 14.7 Å². The molecule has 0 spiro atoms. The summed E-state index contributed by atoms with van der Waals surface area (Å²) in [6.45, 7) is 1.84. The maximum absolute atomic E-state index is 12.4. The van der Waals surface area contributed by atoms with Crippen LogP contribution in [0.5, 0.6) is 17.2 Å². The third-order valence-corrected chi connectivity index (χ3v) is 3.67. The normalized spacial score (nSPS) is 19.6. The van der Waals surface area contributed by atoms with Gasteiger partial charge in [-0.05, 0) is 6.92 Å². The number of phenolic OH excluding ortho intramolecular Hbond substituents is 1. The molecule has 1 heterocycles. The van der Waals surface area contributed by atoms with E-state index in [1.165, 1.54) is 14.2 Å². The van der Waals surface area contributed by atoms with Gasteiger partial charge in [0.25, 0.3) is 0 Å². The predicted molar refractivity (Wildman–Crippen MR) is 72.2 cm³/mol. The van der Waals surface area contributed by atoms with Gasteiger partial charge in [0.1, 0.15) is 11.9 Å². The SMILES string of the molecule is COC1=CC(=O)c2c(O)c(OC)c3c(c2C1=O)OC(C)C3. The lowest BCUT2D eigenvalue weighted by molar-refractivity contribution is 0.0909. The third kappa shape index (κ3) is 1.72. The molecule has 0 saturated heterocycles. The molecule has 1 aromatic carbocycles. The van der Waals surface area contributed by atoms with Gasteiger partial charge in [0.05, 0.1) is 25.3 Å². The van der Waals surface area contributed by atoms with Gasteiger partial charge in [-0.15, -0.1) is 0 Å². The molecule has 1 unspecified atom stereocenters. The fraction of sp³-hybridized carbons (Fsp3) is 0.333. The van der Waals surface area contributed by atoms with Gasteiger partial charge in [0.15, 0.2) is 23.0 Å². The zero-order valence-electron chi connectivity index (χ0n) is 11.9. The molecule has 21 heavy (non-hydrogen) atoms. The standard InChI is InChI=1S/C15H14O6/c1-6-4-7-14(21-6)11-10(13(18)15(7)20-3)8(16)5-9(19-2)12(11)17/h5-6,18H,4H2,1-3H3. The number of hydrogen-bond donors (Lipinski definition) is 1. The van der Waals surface area contributed by atoms with Crippen molar-refractivity contribution in [2.75, 3.05) is 14.2 Å². The summed E-state index contributed by atoms with van der Waals surface area (Å²) in [5.74, 6) is -0.897. The molecule has 1 N–H and O–H groups in total. The number of phenols is 1. The smallest absolute Gasteiger partial charge is 0.232 e. The van der Waals surface area contributed by atoms with Crippen LogP contribution < -0.4 is 9.47 Å². The number of fused-ring (bicyclic) bond motifs is 3. The first-order valence-electron chi connectivity index (χ1n) is 6.46. The summed E-state index contributed by atoms with van der Waals surface area (Å²) >= 11 is 0. The minimum Gasteiger partial charge on any atom is -0.504 e. The van der Waals surface area contributed by atoms with Gasteiger partial charge in [-0.3, -0.25) is 9.59 Å². The van der Waals surface area contributed by atoms with Crippen LogP contribution in [0.4, 0.5) is 0 Å². The minimum absolute atomic E-state index is 0.0528. The number of Topliss-reactive ketones (excluding diaryl/α,β-unsaturated/α-hetero) is 1. The fourth-order valence-corrected chi connectivity index (χ4v) is 2.80. The van der Waals surface area contributed by atoms with Gasteiger partial charge in [0.2, 0.25) is 5.78 Å². The molecule has 1 atom stereocenters. The number of carbonyl (C=O) groups excluding carboxylic acids is 2. The summed E-state index contributed by atoms with van der Waals surface area (Å²) in [6.07, 6.45) is 1.39. The summed E-state index contributed by atoms with van der Waals surface area (Å²) in [7, 11) is 2.71. The third-order valence-electron chi connectivity index (χ3n) is 3.67. The van der Waals surface area contributed by atoms with E-state index in [2.05, 4.69) is 0 Å². The molecule has 110 valence electrons. The summed E-state index contributed by atoms with van der Waals surface area (Å²) in [5.41, 5.74) is 0.558. The Morgan fingerprint density at radius 1 is 1.24 bits per heavy atom. The highest BCUT2D eigenvalue weighted by Gasteiger charge is 2.40. The molecule has 0 aromatic heterocycles. The zero-order valence-corrected chi connectivity index (χ0v) is 11.9. The first-order valence-corrected chi connectivity index (χ1v) is 6.46. The second kappa shape index (κ2) is 4.51. The molecule has 0 saturated carbocycles. The molecule has 1 aromatic rings. The van der Waals surface area contributed by atoms with Gasteiger partial charge < -0.3 is 19.3 Å². The number of hydrogen-bond acceptors (Lipinski definition) is 6. The number of benzene rings is 1. The van der Waals surface area contributed by atoms with Crippen molar-refractivity contribution in [2.45, 2.75) is 19.4 Å². The van der Waals surface area contributed by atoms with Crippen LogP contribution in [-0.2, 0) is 11.2 Å². The van der Waals surface area contributed by atoms with E-state index in [0.717, 1.165) is 6.08 Å². The van der Waals surface area contributed by atoms with E-state index >= 15 is 0 Å². The molecule has 0 radical (unpaired) electrons. The average Bonchev–Trinajstić information content (AvgIpc) is 2.82. The Bertz CT molecular complexity index is 701. The van der Waals surface area contributed by atoms with Crippen molar-refractivity contribution in [3.05, 3.63) is 28.5 Å². The number of ether oxygens (including phenoxy) is 3. The fourth-order valence-electron chi connectivity index (χ4n) is 2.80. The Hall–Kier alpha value is -2.50. The Morgan fingerprint density at radius 3 is 2.57 bits per heavy atom. The van der Waals surface area contributed by atoms with Crippen molar-refractivity contribution in [2.24, 2.45) is 0 Å². The maximum Gasteiger partial charge on any atom is 0.232 e. The first-order chi connectivity index (χ1) is 9.99. The molecule has 1 aliphatic carbocycles. The summed E-state index contributed by atoms with van der Waals surface area (Å²) in [6, 6.07) is 0. The monoisotopic (exact) mass is 290 g/mol. The van der Waals surface area contributed by atoms with Crippen LogP contribution in [0.25, 0.3) is 0 Å². The number of ketones is 2. The summed E-state index contributed by atoms with van der Waals surface area (Å²) < 4.78 is 15.8. The Balaban J connectivity index is 2.36. The topological polar surface area (TPSA) is 82.1 Å². The van der Waals surface area contributed by atoms with Gasteiger partial charge in [-0.2, -0.15) is 0 Å². The van der Waals surface area contributed by atoms with Gasteiger partial charge in [-0.25, -0.2) is 0 Å². The van der Waals surface area contributed by atoms with E-state index in [1.54, 1.807) is 0 Å². The Morgan fingerprint density at radius 2 is 1.95 bits per heavy atom. The van der Waals surface area contributed by atoms with Crippen molar-refractivity contribution in [1.82, 2.24) is 0 Å². The van der Waals surface area contributed by atoms with Crippen LogP contribution in [0, 0.1) is 0 Å². The van der Waals surface area contributed by atoms with Gasteiger partial charge in [-0.1, -0.05) is 0 Å². The van der Waals surface area contributed by atoms with E-state index < -0.39 is 11.6 Å². The molecular weight excluding hydrogens is 276 g/mol. The average molecular weight is 290 g/mol. The molecule has 1 aliphatic heterocycles. The van der Waals surface area contributed by atoms with Crippen molar-refractivity contribution in [3.63, 3.8) is 0 Å². The molecule has 6 heteroatoms. The lowest BCUT2D eigenvalue weighted by atomic mass is 9.89. The predicted octanol–water partition coefficient (Wildman–Crippen LogP) is 1.63. The molecule has 3 rings (SSSR count). The van der Waals surface area contributed by atoms with Crippen LogP contribution in [0.3, 0.4) is 0 Å². The zero-order chi connectivity index (χ0) is 15.3. The van der Waals surface area contributed by atoms with E-state index in [1.807, 2.05) is 6.92 Å². The van der Waals surface area contributed by atoms with Gasteiger partial charge in [0, 0.05) is 18.1 Å².